The number of carbonyl (C=O) groups is 1. The van der Waals surface area contributed by atoms with E-state index in [1.54, 1.807) is 0 Å². The van der Waals surface area contributed by atoms with E-state index >= 15 is 0 Å². The van der Waals surface area contributed by atoms with Crippen molar-refractivity contribution in [1.82, 2.24) is 10.2 Å². The molecule has 0 unspecified atom stereocenters. The van der Waals surface area contributed by atoms with E-state index < -0.39 is 0 Å². The van der Waals surface area contributed by atoms with Gasteiger partial charge in [-0.1, -0.05) is 20.8 Å². The second-order valence-corrected chi connectivity index (χ2v) is 6.66. The van der Waals surface area contributed by atoms with Crippen molar-refractivity contribution in [2.45, 2.75) is 52.0 Å². The van der Waals surface area contributed by atoms with Crippen LogP contribution in [-0.4, -0.2) is 43.0 Å². The first-order chi connectivity index (χ1) is 8.89. The summed E-state index contributed by atoms with van der Waals surface area (Å²) in [5, 5.41) is 2.98. The van der Waals surface area contributed by atoms with Crippen LogP contribution in [0, 0.1) is 11.8 Å². The molecule has 0 aromatic rings. The van der Waals surface area contributed by atoms with Crippen LogP contribution in [-0.2, 0) is 4.79 Å². The summed E-state index contributed by atoms with van der Waals surface area (Å²) in [4.78, 5) is 14.1. The summed E-state index contributed by atoms with van der Waals surface area (Å²) in [6.07, 6.45) is 4.65. The van der Waals surface area contributed by atoms with Gasteiger partial charge in [-0.15, -0.1) is 0 Å². The molecule has 0 radical (unpaired) electrons. The van der Waals surface area contributed by atoms with Gasteiger partial charge < -0.3 is 11.1 Å². The maximum absolute atomic E-state index is 11.9. The first kappa shape index (κ1) is 16.4. The molecule has 4 heteroatoms. The number of carbonyl (C=O) groups excluding carboxylic acids is 1. The lowest BCUT2D eigenvalue weighted by Crippen LogP contribution is -2.56. The lowest BCUT2D eigenvalue weighted by molar-refractivity contribution is -0.123. The minimum atomic E-state index is 0.0294. The van der Waals surface area contributed by atoms with Gasteiger partial charge in [0.1, 0.15) is 0 Å². The molecule has 1 saturated carbocycles. The average molecular weight is 269 g/mol. The van der Waals surface area contributed by atoms with Crippen molar-refractivity contribution < 1.29 is 4.79 Å². The van der Waals surface area contributed by atoms with Gasteiger partial charge in [-0.2, -0.15) is 0 Å². The van der Waals surface area contributed by atoms with Crippen molar-refractivity contribution in [2.24, 2.45) is 17.6 Å². The minimum absolute atomic E-state index is 0.0294. The number of nitrogens with zero attached hydrogens (tertiary/aromatic N) is 1. The zero-order valence-corrected chi connectivity index (χ0v) is 13.0. The summed E-state index contributed by atoms with van der Waals surface area (Å²) in [5.74, 6) is 1.40. The Balaban J connectivity index is 2.49. The Morgan fingerprint density at radius 1 is 1.42 bits per heavy atom. The van der Waals surface area contributed by atoms with Crippen LogP contribution in [0.5, 0.6) is 0 Å². The van der Waals surface area contributed by atoms with Crippen LogP contribution in [0.15, 0.2) is 0 Å². The summed E-state index contributed by atoms with van der Waals surface area (Å²) in [6, 6.07) is 0. The van der Waals surface area contributed by atoms with Crippen LogP contribution in [0.4, 0.5) is 0 Å². The van der Waals surface area contributed by atoms with Gasteiger partial charge in [0.25, 0.3) is 0 Å². The lowest BCUT2D eigenvalue weighted by Gasteiger charge is -2.45. The molecule has 0 atom stereocenters. The van der Waals surface area contributed by atoms with Crippen LogP contribution < -0.4 is 11.1 Å². The Kier molecular flexibility index (Phi) is 6.27. The molecule has 112 valence electrons. The molecule has 0 aliphatic heterocycles. The van der Waals surface area contributed by atoms with Gasteiger partial charge in [0.2, 0.25) is 5.91 Å². The normalized spacial score (nSPS) is 27.8. The van der Waals surface area contributed by atoms with Crippen LogP contribution in [0.2, 0.25) is 0 Å². The molecule has 0 aromatic heterocycles. The monoisotopic (exact) mass is 269 g/mol. The van der Waals surface area contributed by atoms with Gasteiger partial charge >= 0.3 is 0 Å². The number of nitrogens with two attached hydrogens (primary N) is 1. The Morgan fingerprint density at radius 3 is 2.47 bits per heavy atom. The lowest BCUT2D eigenvalue weighted by atomic mass is 9.76. The number of hydrogen-bond donors (Lipinski definition) is 2. The second-order valence-electron chi connectivity index (χ2n) is 6.66. The van der Waals surface area contributed by atoms with Crippen LogP contribution in [0.1, 0.15) is 46.5 Å². The molecule has 0 spiro atoms. The van der Waals surface area contributed by atoms with Gasteiger partial charge in [-0.25, -0.2) is 0 Å². The van der Waals surface area contributed by atoms with Crippen molar-refractivity contribution in [3.05, 3.63) is 0 Å². The molecule has 0 heterocycles. The molecular formula is C15H31N3O. The van der Waals surface area contributed by atoms with Gasteiger partial charge in [-0.05, 0) is 44.6 Å². The van der Waals surface area contributed by atoms with Crippen molar-refractivity contribution in [1.29, 1.82) is 0 Å². The Morgan fingerprint density at radius 2 is 2.00 bits per heavy atom. The van der Waals surface area contributed by atoms with E-state index in [9.17, 15) is 4.79 Å². The molecule has 19 heavy (non-hydrogen) atoms. The molecule has 1 aliphatic carbocycles. The molecule has 3 N–H and O–H groups in total. The van der Waals surface area contributed by atoms with E-state index in [1.165, 1.54) is 12.8 Å². The maximum atomic E-state index is 11.9. The molecular weight excluding hydrogens is 238 g/mol. The average Bonchev–Trinajstić information content (AvgIpc) is 2.37. The van der Waals surface area contributed by atoms with Crippen LogP contribution >= 0.6 is 0 Å². The SMILES string of the molecule is CC(C)CNC(=O)CN(C)C1(CN)CCC(C)CC1. The van der Waals surface area contributed by atoms with E-state index in [0.29, 0.717) is 19.0 Å². The number of nitrogens with one attached hydrogen (secondary N) is 1. The molecule has 0 saturated heterocycles. The third-order valence-corrected chi connectivity index (χ3v) is 4.48. The second kappa shape index (κ2) is 7.25. The summed E-state index contributed by atoms with van der Waals surface area (Å²) >= 11 is 0. The fraction of sp³-hybridized carbons (Fsp3) is 0.933. The highest BCUT2D eigenvalue weighted by molar-refractivity contribution is 5.78. The van der Waals surface area contributed by atoms with Crippen molar-refractivity contribution >= 4 is 5.91 Å². The number of amides is 1. The smallest absolute Gasteiger partial charge is 0.234 e. The van der Waals surface area contributed by atoms with Crippen LogP contribution in [0.25, 0.3) is 0 Å². The van der Waals surface area contributed by atoms with Gasteiger partial charge in [0.15, 0.2) is 0 Å². The summed E-state index contributed by atoms with van der Waals surface area (Å²) in [6.45, 7) is 8.36. The highest BCUT2D eigenvalue weighted by Crippen LogP contribution is 2.34. The molecule has 1 rings (SSSR count). The summed E-state index contributed by atoms with van der Waals surface area (Å²) in [7, 11) is 2.04. The highest BCUT2D eigenvalue weighted by atomic mass is 16.2. The molecule has 1 aliphatic rings. The van der Waals surface area contributed by atoms with Crippen molar-refractivity contribution in [3.63, 3.8) is 0 Å². The Labute approximate surface area is 118 Å². The fourth-order valence-electron chi connectivity index (χ4n) is 2.80. The zero-order chi connectivity index (χ0) is 14.5. The van der Waals surface area contributed by atoms with Crippen molar-refractivity contribution in [2.75, 3.05) is 26.7 Å². The standard InChI is InChI=1S/C15H31N3O/c1-12(2)9-17-14(19)10-18(4)15(11-16)7-5-13(3)6-8-15/h12-13H,5-11,16H2,1-4H3,(H,17,19). The Bertz CT molecular complexity index is 283. The third-order valence-electron chi connectivity index (χ3n) is 4.48. The van der Waals surface area contributed by atoms with E-state index in [2.05, 4.69) is 31.0 Å². The van der Waals surface area contributed by atoms with Gasteiger partial charge in [0, 0.05) is 18.6 Å². The quantitative estimate of drug-likeness (QED) is 0.770. The predicted molar refractivity (Wildman–Crippen MR) is 79.9 cm³/mol. The fourth-order valence-corrected chi connectivity index (χ4v) is 2.80. The van der Waals surface area contributed by atoms with Crippen LogP contribution in [0.3, 0.4) is 0 Å². The summed E-state index contributed by atoms with van der Waals surface area (Å²) < 4.78 is 0. The minimum Gasteiger partial charge on any atom is -0.355 e. The molecule has 0 aromatic carbocycles. The van der Waals surface area contributed by atoms with Gasteiger partial charge in [-0.3, -0.25) is 9.69 Å². The molecule has 1 fully saturated rings. The first-order valence-corrected chi connectivity index (χ1v) is 7.57. The zero-order valence-electron chi connectivity index (χ0n) is 13.0. The van der Waals surface area contributed by atoms with E-state index in [0.717, 1.165) is 25.3 Å². The van der Waals surface area contributed by atoms with E-state index in [-0.39, 0.29) is 11.4 Å². The molecule has 1 amide bonds. The van der Waals surface area contributed by atoms with E-state index in [1.807, 2.05) is 7.05 Å². The first-order valence-electron chi connectivity index (χ1n) is 7.57. The molecule has 4 nitrogen and oxygen atoms in total. The topological polar surface area (TPSA) is 58.4 Å². The van der Waals surface area contributed by atoms with Crippen molar-refractivity contribution in [3.8, 4) is 0 Å². The summed E-state index contributed by atoms with van der Waals surface area (Å²) in [5.41, 5.74) is 6.04. The maximum Gasteiger partial charge on any atom is 0.234 e. The van der Waals surface area contributed by atoms with E-state index in [4.69, 9.17) is 5.73 Å². The third kappa shape index (κ3) is 4.77. The highest BCUT2D eigenvalue weighted by Gasteiger charge is 2.37. The number of likely N-dealkylation sites (N-methyl/N-ethyl adjacent to an activating group) is 1. The largest absolute Gasteiger partial charge is 0.355 e. The molecule has 0 bridgehead atoms. The number of hydrogen-bond acceptors (Lipinski definition) is 3. The Hall–Kier alpha value is -0.610. The predicted octanol–water partition coefficient (Wildman–Crippen LogP) is 1.60. The van der Waals surface area contributed by atoms with Gasteiger partial charge in [0.05, 0.1) is 6.54 Å². The number of rotatable bonds is 6.